The first kappa shape index (κ1) is 17.1. The lowest BCUT2D eigenvalue weighted by atomic mass is 10.2. The minimum absolute atomic E-state index is 0.201. The molecule has 0 fully saturated rings. The average molecular weight is 305 g/mol. The van der Waals surface area contributed by atoms with Crippen molar-refractivity contribution in [2.24, 2.45) is 0 Å². The average Bonchev–Trinajstić information content (AvgIpc) is 2.39. The van der Waals surface area contributed by atoms with E-state index in [1.54, 1.807) is 0 Å². The van der Waals surface area contributed by atoms with E-state index in [-0.39, 0.29) is 18.0 Å². The van der Waals surface area contributed by atoms with Gasteiger partial charge >= 0.3 is 13.2 Å². The van der Waals surface area contributed by atoms with Gasteiger partial charge in [0.2, 0.25) is 0 Å². The summed E-state index contributed by atoms with van der Waals surface area (Å²) >= 11 is 0. The number of alkyl halides is 4. The van der Waals surface area contributed by atoms with Gasteiger partial charge in [0.25, 0.3) is 0 Å². The molecule has 0 atom stereocenters. The molecule has 1 aromatic carbocycles. The molecule has 7 heteroatoms. The molecule has 0 spiro atoms. The van der Waals surface area contributed by atoms with Crippen molar-refractivity contribution < 1.29 is 27.0 Å². The Hall–Kier alpha value is -1.94. The van der Waals surface area contributed by atoms with Gasteiger partial charge in [-0.2, -0.15) is 17.6 Å². The second-order valence-corrected chi connectivity index (χ2v) is 4.01. The number of rotatable bonds is 9. The molecule has 0 aromatic heterocycles. The quantitative estimate of drug-likeness (QED) is 0.431. The highest BCUT2D eigenvalue weighted by Gasteiger charge is 2.13. The number of terminal acetylenes is 1. The van der Waals surface area contributed by atoms with E-state index in [2.05, 4.69) is 20.7 Å². The molecule has 1 N–H and O–H groups in total. The maximum absolute atomic E-state index is 12.3. The van der Waals surface area contributed by atoms with Crippen LogP contribution in [-0.4, -0.2) is 19.8 Å². The van der Waals surface area contributed by atoms with Gasteiger partial charge in [0.15, 0.2) is 0 Å². The molecule has 0 unspecified atom stereocenters. The molecule has 0 radical (unpaired) electrons. The van der Waals surface area contributed by atoms with Crippen molar-refractivity contribution in [2.75, 3.05) is 6.54 Å². The molecule has 3 nitrogen and oxygen atoms in total. The summed E-state index contributed by atoms with van der Waals surface area (Å²) in [7, 11) is 0. The van der Waals surface area contributed by atoms with Crippen molar-refractivity contribution >= 4 is 0 Å². The lowest BCUT2D eigenvalue weighted by Crippen LogP contribution is -2.16. The minimum atomic E-state index is -3.05. The molecule has 1 aromatic rings. The van der Waals surface area contributed by atoms with E-state index >= 15 is 0 Å². The summed E-state index contributed by atoms with van der Waals surface area (Å²) in [4.78, 5) is 0. The van der Waals surface area contributed by atoms with Crippen molar-refractivity contribution in [1.29, 1.82) is 0 Å². The van der Waals surface area contributed by atoms with Crippen molar-refractivity contribution in [3.8, 4) is 23.8 Å². The third-order valence-electron chi connectivity index (χ3n) is 2.47. The van der Waals surface area contributed by atoms with Gasteiger partial charge in [-0.05, 0) is 19.0 Å². The Kier molecular flexibility index (Phi) is 7.40. The number of ether oxygens (including phenoxy) is 2. The predicted molar refractivity (Wildman–Crippen MR) is 69.5 cm³/mol. The van der Waals surface area contributed by atoms with Gasteiger partial charge in [-0.15, -0.1) is 12.3 Å². The summed E-state index contributed by atoms with van der Waals surface area (Å²) in [6, 6.07) is 3.67. The van der Waals surface area contributed by atoms with Crippen LogP contribution in [0.15, 0.2) is 18.2 Å². The predicted octanol–water partition coefficient (Wildman–Crippen LogP) is 3.39. The van der Waals surface area contributed by atoms with Crippen molar-refractivity contribution in [3.63, 3.8) is 0 Å². The highest BCUT2D eigenvalue weighted by atomic mass is 19.3. The summed E-state index contributed by atoms with van der Waals surface area (Å²) in [5.74, 6) is 2.04. The maximum Gasteiger partial charge on any atom is 0.387 e. The number of hydrogen-bond donors (Lipinski definition) is 1. The lowest BCUT2D eigenvalue weighted by molar-refractivity contribution is -0.0546. The maximum atomic E-state index is 12.3. The van der Waals surface area contributed by atoms with Crippen LogP contribution < -0.4 is 14.8 Å². The third-order valence-corrected chi connectivity index (χ3v) is 2.47. The molecular weight excluding hydrogens is 290 g/mol. The van der Waals surface area contributed by atoms with Gasteiger partial charge in [0.05, 0.1) is 0 Å². The first-order chi connectivity index (χ1) is 10.0. The largest absolute Gasteiger partial charge is 0.435 e. The zero-order valence-corrected chi connectivity index (χ0v) is 11.1. The molecule has 0 amide bonds. The SMILES string of the molecule is C#CCCCNCc1ccc(OC(F)F)cc1OC(F)F. The molecule has 1 rings (SSSR count). The van der Waals surface area contributed by atoms with Crippen LogP contribution in [0.4, 0.5) is 17.6 Å². The fourth-order valence-corrected chi connectivity index (χ4v) is 1.60. The Morgan fingerprint density at radius 1 is 1.14 bits per heavy atom. The molecule has 0 saturated carbocycles. The van der Waals surface area contributed by atoms with Gasteiger partial charge in [-0.1, -0.05) is 6.07 Å². The fourth-order valence-electron chi connectivity index (χ4n) is 1.60. The zero-order chi connectivity index (χ0) is 15.7. The summed E-state index contributed by atoms with van der Waals surface area (Å²) < 4.78 is 57.3. The van der Waals surface area contributed by atoms with Crippen LogP contribution in [-0.2, 0) is 6.54 Å². The van der Waals surface area contributed by atoms with Crippen LogP contribution in [0.2, 0.25) is 0 Å². The number of benzene rings is 1. The second-order valence-electron chi connectivity index (χ2n) is 4.01. The molecule has 0 aliphatic carbocycles. The van der Waals surface area contributed by atoms with Crippen molar-refractivity contribution in [3.05, 3.63) is 23.8 Å². The molecule has 116 valence electrons. The summed E-state index contributed by atoms with van der Waals surface area (Å²) in [5, 5.41) is 3.00. The Balaban J connectivity index is 2.69. The highest BCUT2D eigenvalue weighted by Crippen LogP contribution is 2.27. The zero-order valence-electron chi connectivity index (χ0n) is 11.1. The Labute approximate surface area is 120 Å². The van der Waals surface area contributed by atoms with E-state index in [0.29, 0.717) is 18.5 Å². The van der Waals surface area contributed by atoms with Crippen molar-refractivity contribution in [2.45, 2.75) is 32.6 Å². The first-order valence-electron chi connectivity index (χ1n) is 6.19. The number of halogens is 4. The van der Waals surface area contributed by atoms with E-state index in [4.69, 9.17) is 6.42 Å². The Morgan fingerprint density at radius 3 is 2.48 bits per heavy atom. The van der Waals surface area contributed by atoms with Gasteiger partial charge < -0.3 is 14.8 Å². The normalized spacial score (nSPS) is 10.7. The van der Waals surface area contributed by atoms with E-state index in [1.165, 1.54) is 12.1 Å². The molecule has 0 bridgehead atoms. The Bertz CT molecular complexity index is 475. The molecule has 0 saturated heterocycles. The van der Waals surface area contributed by atoms with Gasteiger partial charge in [-0.3, -0.25) is 0 Å². The summed E-state index contributed by atoms with van der Waals surface area (Å²) in [5.41, 5.74) is 0.414. The van der Waals surface area contributed by atoms with E-state index in [9.17, 15) is 17.6 Å². The van der Waals surface area contributed by atoms with Crippen LogP contribution in [0, 0.1) is 12.3 Å². The number of unbranched alkanes of at least 4 members (excludes halogenated alkanes) is 1. The van der Waals surface area contributed by atoms with Crippen molar-refractivity contribution in [1.82, 2.24) is 5.32 Å². The number of nitrogens with one attached hydrogen (secondary N) is 1. The summed E-state index contributed by atoms with van der Waals surface area (Å²) in [6.45, 7) is -5.22. The van der Waals surface area contributed by atoms with Crippen LogP contribution in [0.3, 0.4) is 0 Å². The molecule has 0 heterocycles. The van der Waals surface area contributed by atoms with Gasteiger partial charge in [0, 0.05) is 24.6 Å². The second kappa shape index (κ2) is 9.08. The van der Waals surface area contributed by atoms with Crippen LogP contribution in [0.25, 0.3) is 0 Å². The number of hydrogen-bond acceptors (Lipinski definition) is 3. The monoisotopic (exact) mass is 305 g/mol. The van der Waals surface area contributed by atoms with Crippen LogP contribution in [0.5, 0.6) is 11.5 Å². The fraction of sp³-hybridized carbons (Fsp3) is 0.429. The van der Waals surface area contributed by atoms with Crippen LogP contribution in [0.1, 0.15) is 18.4 Å². The molecular formula is C14H15F4NO2. The van der Waals surface area contributed by atoms with E-state index in [1.807, 2.05) is 0 Å². The van der Waals surface area contributed by atoms with Gasteiger partial charge in [-0.25, -0.2) is 0 Å². The standard InChI is InChI=1S/C14H15F4NO2/c1-2-3-4-7-19-9-10-5-6-11(20-13(15)16)8-12(10)21-14(17)18/h1,5-6,8,13-14,19H,3-4,7,9H2. The van der Waals surface area contributed by atoms with E-state index in [0.717, 1.165) is 12.5 Å². The van der Waals surface area contributed by atoms with E-state index < -0.39 is 13.2 Å². The molecule has 0 aliphatic heterocycles. The molecule has 0 aliphatic rings. The third kappa shape index (κ3) is 6.86. The Morgan fingerprint density at radius 2 is 1.86 bits per heavy atom. The molecule has 21 heavy (non-hydrogen) atoms. The topological polar surface area (TPSA) is 30.5 Å². The first-order valence-corrected chi connectivity index (χ1v) is 6.19. The smallest absolute Gasteiger partial charge is 0.387 e. The minimum Gasteiger partial charge on any atom is -0.435 e. The van der Waals surface area contributed by atoms with Crippen LogP contribution >= 0.6 is 0 Å². The van der Waals surface area contributed by atoms with Gasteiger partial charge in [0.1, 0.15) is 11.5 Å². The summed E-state index contributed by atoms with van der Waals surface area (Å²) in [6.07, 6.45) is 6.45. The highest BCUT2D eigenvalue weighted by molar-refractivity contribution is 5.40. The lowest BCUT2D eigenvalue weighted by Gasteiger charge is -2.13.